The van der Waals surface area contributed by atoms with Crippen molar-refractivity contribution in [2.24, 2.45) is 0 Å². The zero-order valence-electron chi connectivity index (χ0n) is 11.0. The van der Waals surface area contributed by atoms with Crippen molar-refractivity contribution in [3.63, 3.8) is 0 Å². The number of thiophene rings is 1. The van der Waals surface area contributed by atoms with Gasteiger partial charge in [0.05, 0.1) is 21.6 Å². The highest BCUT2D eigenvalue weighted by molar-refractivity contribution is 7.17. The minimum absolute atomic E-state index is 0.691. The number of rotatable bonds is 3. The molecule has 0 aromatic carbocycles. The van der Waals surface area contributed by atoms with Crippen LogP contribution >= 0.6 is 11.3 Å². The van der Waals surface area contributed by atoms with E-state index in [0.717, 1.165) is 12.4 Å². The lowest BCUT2D eigenvalue weighted by Gasteiger charge is -2.22. The number of fused-ring (bicyclic) bond motifs is 1. The first-order valence-corrected chi connectivity index (χ1v) is 7.87. The van der Waals surface area contributed by atoms with Crippen LogP contribution in [0.2, 0.25) is 0 Å². The number of nitrogens with zero attached hydrogens (tertiary/aromatic N) is 2. The molecular weight excluding hydrogens is 254 g/mol. The fourth-order valence-electron chi connectivity index (χ4n) is 2.89. The molecule has 1 fully saturated rings. The summed E-state index contributed by atoms with van der Waals surface area (Å²) < 4.78 is 3.69. The number of aryl methyl sites for hydroxylation is 1. The van der Waals surface area contributed by atoms with Crippen LogP contribution in [-0.4, -0.2) is 14.5 Å². The Morgan fingerprint density at radius 2 is 2.37 bits per heavy atom. The lowest BCUT2D eigenvalue weighted by molar-refractivity contribution is 0.412. The van der Waals surface area contributed by atoms with Crippen molar-refractivity contribution in [2.75, 3.05) is 0 Å². The Morgan fingerprint density at radius 1 is 1.47 bits per heavy atom. The number of nitrogens with one attached hydrogen (secondary N) is 1. The van der Waals surface area contributed by atoms with Crippen LogP contribution in [0.4, 0.5) is 0 Å². The summed E-state index contributed by atoms with van der Waals surface area (Å²) in [6.45, 7) is 3.17. The standard InChI is InChI=1S/C15H17N3S/c1-2-18-12-6-7-19-14(12)8-13(18)15-16-9-11(17-15)10-4-3-5-10/h6-10H,2-5H2,1H3,(H,16,17). The molecule has 0 atom stereocenters. The molecule has 4 rings (SSSR count). The van der Waals surface area contributed by atoms with Crippen LogP contribution in [-0.2, 0) is 6.54 Å². The minimum Gasteiger partial charge on any atom is -0.343 e. The van der Waals surface area contributed by atoms with Gasteiger partial charge in [-0.05, 0) is 37.3 Å². The van der Waals surface area contributed by atoms with E-state index in [9.17, 15) is 0 Å². The summed E-state index contributed by atoms with van der Waals surface area (Å²) >= 11 is 1.80. The summed E-state index contributed by atoms with van der Waals surface area (Å²) in [4.78, 5) is 8.18. The molecule has 0 amide bonds. The Morgan fingerprint density at radius 3 is 3.11 bits per heavy atom. The molecular formula is C15H17N3S. The van der Waals surface area contributed by atoms with E-state index in [1.807, 2.05) is 0 Å². The maximum atomic E-state index is 4.81. The lowest BCUT2D eigenvalue weighted by atomic mass is 9.83. The molecule has 1 aliphatic carbocycles. The van der Waals surface area contributed by atoms with E-state index in [0.29, 0.717) is 5.92 Å². The third kappa shape index (κ3) is 1.66. The molecule has 1 aliphatic rings. The lowest BCUT2D eigenvalue weighted by Crippen LogP contribution is -2.08. The number of hydrogen-bond donors (Lipinski definition) is 1. The molecule has 3 nitrogen and oxygen atoms in total. The molecule has 0 bridgehead atoms. The topological polar surface area (TPSA) is 33.6 Å². The number of imidazole rings is 1. The van der Waals surface area contributed by atoms with Gasteiger partial charge in [-0.25, -0.2) is 4.98 Å². The molecule has 0 aliphatic heterocycles. The van der Waals surface area contributed by atoms with Crippen molar-refractivity contribution in [1.29, 1.82) is 0 Å². The van der Waals surface area contributed by atoms with Gasteiger partial charge < -0.3 is 9.55 Å². The van der Waals surface area contributed by atoms with Crippen molar-refractivity contribution in [3.05, 3.63) is 29.4 Å². The van der Waals surface area contributed by atoms with Gasteiger partial charge >= 0.3 is 0 Å². The van der Waals surface area contributed by atoms with Gasteiger partial charge in [0.2, 0.25) is 0 Å². The molecule has 4 heteroatoms. The molecule has 0 unspecified atom stereocenters. The summed E-state index contributed by atoms with van der Waals surface area (Å²) in [6, 6.07) is 4.45. The zero-order valence-corrected chi connectivity index (χ0v) is 11.8. The molecule has 3 aromatic rings. The van der Waals surface area contributed by atoms with Crippen LogP contribution in [0.3, 0.4) is 0 Å². The van der Waals surface area contributed by atoms with Crippen LogP contribution in [0.1, 0.15) is 37.8 Å². The van der Waals surface area contributed by atoms with Gasteiger partial charge in [0.15, 0.2) is 5.82 Å². The van der Waals surface area contributed by atoms with Gasteiger partial charge in [0.25, 0.3) is 0 Å². The summed E-state index contributed by atoms with van der Waals surface area (Å²) in [7, 11) is 0. The number of H-pyrrole nitrogens is 1. The average molecular weight is 271 g/mol. The molecule has 0 spiro atoms. The van der Waals surface area contributed by atoms with Crippen LogP contribution in [0.15, 0.2) is 23.7 Å². The van der Waals surface area contributed by atoms with Crippen molar-refractivity contribution in [3.8, 4) is 11.5 Å². The third-order valence-corrected chi connectivity index (χ3v) is 5.06. The molecule has 98 valence electrons. The summed E-state index contributed by atoms with van der Waals surface area (Å²) in [5.74, 6) is 1.71. The highest BCUT2D eigenvalue weighted by Crippen LogP contribution is 2.37. The predicted molar refractivity (Wildman–Crippen MR) is 79.7 cm³/mol. The molecule has 19 heavy (non-hydrogen) atoms. The summed E-state index contributed by atoms with van der Waals surface area (Å²) in [5.41, 5.74) is 3.78. The molecule has 1 N–H and O–H groups in total. The van der Waals surface area contributed by atoms with Crippen LogP contribution in [0.5, 0.6) is 0 Å². The smallest absolute Gasteiger partial charge is 0.154 e. The molecule has 3 aromatic heterocycles. The van der Waals surface area contributed by atoms with Gasteiger partial charge in [-0.3, -0.25) is 0 Å². The highest BCUT2D eigenvalue weighted by atomic mass is 32.1. The first-order chi connectivity index (χ1) is 9.36. The molecule has 3 heterocycles. The van der Waals surface area contributed by atoms with Crippen LogP contribution < -0.4 is 0 Å². The quantitative estimate of drug-likeness (QED) is 0.753. The minimum atomic E-state index is 0.691. The fraction of sp³-hybridized carbons (Fsp3) is 0.400. The average Bonchev–Trinajstić information content (AvgIpc) is 2.98. The van der Waals surface area contributed by atoms with E-state index in [4.69, 9.17) is 4.98 Å². The first-order valence-electron chi connectivity index (χ1n) is 6.99. The SMILES string of the molecule is CCn1c(-c2nc(C3CCC3)c[nH]2)cc2sccc21. The van der Waals surface area contributed by atoms with E-state index in [-0.39, 0.29) is 0 Å². The number of aromatic nitrogens is 3. The fourth-order valence-corrected chi connectivity index (χ4v) is 3.72. The summed E-state index contributed by atoms with van der Waals surface area (Å²) in [6.07, 6.45) is 6.05. The maximum absolute atomic E-state index is 4.81. The Hall–Kier alpha value is -1.55. The van der Waals surface area contributed by atoms with Crippen LogP contribution in [0.25, 0.3) is 21.7 Å². The Labute approximate surface area is 116 Å². The van der Waals surface area contributed by atoms with Crippen molar-refractivity contribution >= 4 is 21.6 Å². The number of hydrogen-bond acceptors (Lipinski definition) is 2. The van der Waals surface area contributed by atoms with E-state index < -0.39 is 0 Å². The van der Waals surface area contributed by atoms with Gasteiger partial charge in [0, 0.05) is 18.7 Å². The van der Waals surface area contributed by atoms with Crippen molar-refractivity contribution < 1.29 is 0 Å². The molecule has 1 saturated carbocycles. The second kappa shape index (κ2) is 4.23. The highest BCUT2D eigenvalue weighted by Gasteiger charge is 2.23. The first kappa shape index (κ1) is 11.3. The van der Waals surface area contributed by atoms with Crippen molar-refractivity contribution in [1.82, 2.24) is 14.5 Å². The van der Waals surface area contributed by atoms with Gasteiger partial charge in [-0.15, -0.1) is 11.3 Å². The van der Waals surface area contributed by atoms with E-state index in [1.54, 1.807) is 11.3 Å². The van der Waals surface area contributed by atoms with E-state index >= 15 is 0 Å². The van der Waals surface area contributed by atoms with Gasteiger partial charge in [-0.2, -0.15) is 0 Å². The largest absolute Gasteiger partial charge is 0.343 e. The van der Waals surface area contributed by atoms with E-state index in [2.05, 4.69) is 40.2 Å². The van der Waals surface area contributed by atoms with E-state index in [1.165, 1.54) is 40.9 Å². The molecule has 0 saturated heterocycles. The second-order valence-corrected chi connectivity index (χ2v) is 6.19. The third-order valence-electron chi connectivity index (χ3n) is 4.20. The monoisotopic (exact) mass is 271 g/mol. The second-order valence-electron chi connectivity index (χ2n) is 5.25. The normalized spacial score (nSPS) is 16.1. The number of aromatic amines is 1. The van der Waals surface area contributed by atoms with Gasteiger partial charge in [0.1, 0.15) is 0 Å². The zero-order chi connectivity index (χ0) is 12.8. The Kier molecular flexibility index (Phi) is 2.52. The van der Waals surface area contributed by atoms with Crippen LogP contribution in [0, 0.1) is 0 Å². The Bertz CT molecular complexity index is 715. The summed E-state index contributed by atoms with van der Waals surface area (Å²) in [5, 5.41) is 2.16. The molecule has 0 radical (unpaired) electrons. The predicted octanol–water partition coefficient (Wildman–Crippen LogP) is 4.38. The van der Waals surface area contributed by atoms with Crippen molar-refractivity contribution in [2.45, 2.75) is 38.6 Å². The maximum Gasteiger partial charge on any atom is 0.154 e. The Balaban J connectivity index is 1.80. The van der Waals surface area contributed by atoms with Gasteiger partial charge in [-0.1, -0.05) is 6.42 Å².